The predicted molar refractivity (Wildman–Crippen MR) is 69.8 cm³/mol. The molecule has 0 bridgehead atoms. The van der Waals surface area contributed by atoms with Crippen LogP contribution in [0.1, 0.15) is 23.2 Å². The quantitative estimate of drug-likeness (QED) is 0.446. The second-order valence-corrected chi connectivity index (χ2v) is 4.62. The molecule has 0 saturated heterocycles. The summed E-state index contributed by atoms with van der Waals surface area (Å²) >= 11 is 0. The molecule has 0 N–H and O–H groups in total. The Morgan fingerprint density at radius 2 is 2.25 bits per heavy atom. The molecule has 1 amide bonds. The summed E-state index contributed by atoms with van der Waals surface area (Å²) in [7, 11) is 1.71. The molecule has 0 aliphatic heterocycles. The lowest BCUT2D eigenvalue weighted by Gasteiger charge is -2.16. The number of ether oxygens (including phenoxy) is 1. The topological polar surface area (TPSA) is 89.8 Å². The molecular formula is C13H14N2O5. The highest BCUT2D eigenvalue weighted by Gasteiger charge is 2.29. The smallest absolute Gasteiger partial charge is 0.270 e. The minimum absolute atomic E-state index is 0.0566. The molecule has 0 heterocycles. The number of benzene rings is 1. The fourth-order valence-corrected chi connectivity index (χ4v) is 1.78. The highest BCUT2D eigenvalue weighted by Crippen LogP contribution is 2.26. The lowest BCUT2D eigenvalue weighted by atomic mass is 10.2. The largest absolute Gasteiger partial charge is 0.483 e. The van der Waals surface area contributed by atoms with Gasteiger partial charge in [-0.1, -0.05) is 0 Å². The van der Waals surface area contributed by atoms with Crippen LogP contribution >= 0.6 is 0 Å². The van der Waals surface area contributed by atoms with Crippen molar-refractivity contribution in [2.75, 3.05) is 13.7 Å². The molecule has 1 aromatic rings. The molecule has 106 valence electrons. The zero-order chi connectivity index (χ0) is 14.7. The summed E-state index contributed by atoms with van der Waals surface area (Å²) in [5, 5.41) is 10.6. The van der Waals surface area contributed by atoms with E-state index < -0.39 is 4.92 Å². The van der Waals surface area contributed by atoms with Crippen molar-refractivity contribution in [3.63, 3.8) is 0 Å². The van der Waals surface area contributed by atoms with E-state index in [1.54, 1.807) is 11.9 Å². The maximum atomic E-state index is 11.8. The number of carbonyl (C=O) groups excluding carboxylic acids is 2. The number of likely N-dealkylation sites (N-methyl/N-ethyl adjacent to an activating group) is 1. The third kappa shape index (κ3) is 3.11. The summed E-state index contributed by atoms with van der Waals surface area (Å²) in [5.41, 5.74) is -0.137. The average Bonchev–Trinajstić information content (AvgIpc) is 3.28. The molecule has 0 unspecified atom stereocenters. The van der Waals surface area contributed by atoms with E-state index in [9.17, 15) is 19.7 Å². The molecule has 7 heteroatoms. The Hall–Kier alpha value is -2.44. The Balaban J connectivity index is 2.03. The zero-order valence-corrected chi connectivity index (χ0v) is 10.9. The first-order chi connectivity index (χ1) is 9.52. The van der Waals surface area contributed by atoms with E-state index in [1.807, 2.05) is 0 Å². The summed E-state index contributed by atoms with van der Waals surface area (Å²) in [6.45, 7) is -0.189. The van der Waals surface area contributed by atoms with Gasteiger partial charge in [0.1, 0.15) is 5.75 Å². The van der Waals surface area contributed by atoms with E-state index in [4.69, 9.17) is 4.74 Å². The van der Waals surface area contributed by atoms with Crippen LogP contribution in [0.3, 0.4) is 0 Å². The van der Waals surface area contributed by atoms with Crippen LogP contribution in [0, 0.1) is 10.1 Å². The summed E-state index contributed by atoms with van der Waals surface area (Å²) < 4.78 is 5.28. The number of nitro benzene ring substituents is 1. The van der Waals surface area contributed by atoms with Gasteiger partial charge in [-0.3, -0.25) is 19.7 Å². The molecule has 0 spiro atoms. The summed E-state index contributed by atoms with van der Waals surface area (Å²) in [6, 6.07) is 3.97. The van der Waals surface area contributed by atoms with Crippen LogP contribution in [-0.2, 0) is 4.79 Å². The second kappa shape index (κ2) is 5.68. The van der Waals surface area contributed by atoms with Gasteiger partial charge in [0.25, 0.3) is 11.6 Å². The van der Waals surface area contributed by atoms with Crippen LogP contribution in [0.4, 0.5) is 5.69 Å². The minimum Gasteiger partial charge on any atom is -0.483 e. The second-order valence-electron chi connectivity index (χ2n) is 4.62. The van der Waals surface area contributed by atoms with Crippen LogP contribution in [0.25, 0.3) is 0 Å². The molecule has 1 fully saturated rings. The number of hydrogen-bond acceptors (Lipinski definition) is 5. The molecule has 2 rings (SSSR count). The van der Waals surface area contributed by atoms with Gasteiger partial charge in [0.15, 0.2) is 12.9 Å². The van der Waals surface area contributed by atoms with Crippen molar-refractivity contribution in [1.82, 2.24) is 4.90 Å². The first-order valence-corrected chi connectivity index (χ1v) is 6.15. The molecular weight excluding hydrogens is 264 g/mol. The molecule has 1 aliphatic rings. The van der Waals surface area contributed by atoms with Crippen molar-refractivity contribution in [2.45, 2.75) is 18.9 Å². The van der Waals surface area contributed by atoms with Crippen molar-refractivity contribution in [2.24, 2.45) is 0 Å². The molecule has 0 radical (unpaired) electrons. The number of nitro groups is 1. The minimum atomic E-state index is -0.594. The summed E-state index contributed by atoms with van der Waals surface area (Å²) in [6.07, 6.45) is 2.47. The van der Waals surface area contributed by atoms with Crippen molar-refractivity contribution in [1.29, 1.82) is 0 Å². The fraction of sp³-hybridized carbons (Fsp3) is 0.385. The van der Waals surface area contributed by atoms with Gasteiger partial charge in [0, 0.05) is 25.2 Å². The van der Waals surface area contributed by atoms with Crippen molar-refractivity contribution in [3.8, 4) is 5.75 Å². The monoisotopic (exact) mass is 278 g/mol. The van der Waals surface area contributed by atoms with E-state index in [2.05, 4.69) is 0 Å². The molecule has 0 atom stereocenters. The molecule has 20 heavy (non-hydrogen) atoms. The first kappa shape index (κ1) is 14.0. The van der Waals surface area contributed by atoms with Gasteiger partial charge in [0.2, 0.25) is 0 Å². The summed E-state index contributed by atoms with van der Waals surface area (Å²) in [4.78, 5) is 34.3. The number of non-ortho nitro benzene ring substituents is 1. The van der Waals surface area contributed by atoms with Crippen molar-refractivity contribution in [3.05, 3.63) is 33.9 Å². The van der Waals surface area contributed by atoms with Gasteiger partial charge in [-0.2, -0.15) is 0 Å². The lowest BCUT2D eigenvalue weighted by Crippen LogP contribution is -2.33. The van der Waals surface area contributed by atoms with Gasteiger partial charge in [-0.25, -0.2) is 0 Å². The third-order valence-corrected chi connectivity index (χ3v) is 3.17. The van der Waals surface area contributed by atoms with E-state index in [-0.39, 0.29) is 35.6 Å². The van der Waals surface area contributed by atoms with Crippen LogP contribution in [0.5, 0.6) is 5.75 Å². The molecule has 1 aliphatic carbocycles. The van der Waals surface area contributed by atoms with Crippen LogP contribution in [0.2, 0.25) is 0 Å². The highest BCUT2D eigenvalue weighted by atomic mass is 16.6. The predicted octanol–water partition coefficient (Wildman–Crippen LogP) is 1.41. The van der Waals surface area contributed by atoms with Gasteiger partial charge >= 0.3 is 0 Å². The van der Waals surface area contributed by atoms with Gasteiger partial charge in [-0.05, 0) is 18.9 Å². The Morgan fingerprint density at radius 3 is 2.80 bits per heavy atom. The van der Waals surface area contributed by atoms with Crippen LogP contribution in [0.15, 0.2) is 18.2 Å². The molecule has 1 aromatic carbocycles. The number of aldehydes is 1. The Morgan fingerprint density at radius 1 is 1.55 bits per heavy atom. The van der Waals surface area contributed by atoms with E-state index >= 15 is 0 Å². The van der Waals surface area contributed by atoms with Gasteiger partial charge < -0.3 is 9.64 Å². The highest BCUT2D eigenvalue weighted by molar-refractivity contribution is 5.82. The fourth-order valence-electron chi connectivity index (χ4n) is 1.78. The van der Waals surface area contributed by atoms with Gasteiger partial charge in [-0.15, -0.1) is 0 Å². The van der Waals surface area contributed by atoms with E-state index in [0.717, 1.165) is 18.9 Å². The van der Waals surface area contributed by atoms with Crippen LogP contribution in [-0.4, -0.2) is 41.7 Å². The number of amides is 1. The number of rotatable bonds is 6. The average molecular weight is 278 g/mol. The Kier molecular flexibility index (Phi) is 3.97. The molecule has 7 nitrogen and oxygen atoms in total. The lowest BCUT2D eigenvalue weighted by molar-refractivity contribution is -0.384. The van der Waals surface area contributed by atoms with Gasteiger partial charge in [0.05, 0.1) is 10.5 Å². The number of nitrogens with zero attached hydrogens (tertiary/aromatic N) is 2. The van der Waals surface area contributed by atoms with E-state index in [1.165, 1.54) is 12.1 Å². The first-order valence-electron chi connectivity index (χ1n) is 6.15. The Labute approximate surface area is 115 Å². The molecule has 0 aromatic heterocycles. The number of hydrogen-bond donors (Lipinski definition) is 0. The third-order valence-electron chi connectivity index (χ3n) is 3.17. The maximum absolute atomic E-state index is 11.8. The standard InChI is InChI=1S/C13H14N2O5/c1-14(10-2-3-10)13(17)8-20-12-5-4-11(15(18)19)6-9(12)7-16/h4-7,10H,2-3,8H2,1H3. The Bertz CT molecular complexity index is 554. The normalized spacial score (nSPS) is 13.7. The summed E-state index contributed by atoms with van der Waals surface area (Å²) in [5.74, 6) is -0.00847. The zero-order valence-electron chi connectivity index (χ0n) is 10.9. The molecule has 1 saturated carbocycles. The van der Waals surface area contributed by atoms with Crippen molar-refractivity contribution < 1.29 is 19.2 Å². The van der Waals surface area contributed by atoms with Crippen molar-refractivity contribution >= 4 is 17.9 Å². The van der Waals surface area contributed by atoms with Crippen LogP contribution < -0.4 is 4.74 Å². The maximum Gasteiger partial charge on any atom is 0.270 e. The SMILES string of the molecule is CN(C(=O)COc1ccc([N+](=O)[O-])cc1C=O)C1CC1. The van der Waals surface area contributed by atoms with E-state index in [0.29, 0.717) is 6.29 Å². The number of carbonyl (C=O) groups is 2.